The van der Waals surface area contributed by atoms with Crippen molar-refractivity contribution in [1.82, 2.24) is 0 Å². The van der Waals surface area contributed by atoms with Crippen molar-refractivity contribution in [2.45, 2.75) is 161 Å². The van der Waals surface area contributed by atoms with E-state index in [1.807, 2.05) is 36.5 Å². The lowest BCUT2D eigenvalue weighted by Gasteiger charge is -2.12. The second kappa shape index (κ2) is 35.6. The molecule has 0 aliphatic rings. The van der Waals surface area contributed by atoms with Gasteiger partial charge < -0.3 is 19.7 Å². The standard InChI is InChI=1S/C42H70O6/c1-4-5-6-7-22-27-32-39(43)33-28-23-18-14-11-12-16-20-25-30-35-42(46)48-37-40(44)36-47-41(45)34-29-24-19-15-10-8-9-13-17-21-26-31-38(2)3/h5-6,11-12,18,20,22-23,25,27-28,33,38-40,43-44H,4,7-10,13-17,19,21,24,26,29-32,34-37H2,1-3H3/b6-5-,12-11-,23-18-,25-20-,27-22-,33-28+/t39?,40-/m1/s1. The van der Waals surface area contributed by atoms with E-state index in [9.17, 15) is 19.8 Å². The Bertz CT molecular complexity index is 926. The van der Waals surface area contributed by atoms with Crippen LogP contribution in [0.2, 0.25) is 0 Å². The van der Waals surface area contributed by atoms with Gasteiger partial charge in [0.25, 0.3) is 0 Å². The summed E-state index contributed by atoms with van der Waals surface area (Å²) in [5.74, 6) is 0.132. The molecule has 0 aromatic carbocycles. The summed E-state index contributed by atoms with van der Waals surface area (Å²) in [5, 5.41) is 19.9. The lowest BCUT2D eigenvalue weighted by molar-refractivity contribution is -0.152. The minimum absolute atomic E-state index is 0.154. The maximum Gasteiger partial charge on any atom is 0.306 e. The highest BCUT2D eigenvalue weighted by Crippen LogP contribution is 2.14. The van der Waals surface area contributed by atoms with E-state index in [0.717, 1.165) is 50.9 Å². The Balaban J connectivity index is 3.67. The molecule has 0 aliphatic heterocycles. The van der Waals surface area contributed by atoms with E-state index in [1.165, 1.54) is 57.8 Å². The van der Waals surface area contributed by atoms with E-state index in [4.69, 9.17) is 9.47 Å². The smallest absolute Gasteiger partial charge is 0.306 e. The molecule has 0 rings (SSSR count). The quantitative estimate of drug-likeness (QED) is 0.0320. The summed E-state index contributed by atoms with van der Waals surface area (Å²) in [6.45, 7) is 6.37. The molecule has 1 unspecified atom stereocenters. The predicted molar refractivity (Wildman–Crippen MR) is 202 cm³/mol. The Morgan fingerprint density at radius 1 is 0.583 bits per heavy atom. The molecule has 0 amide bonds. The Hall–Kier alpha value is -2.70. The molecule has 0 aliphatic carbocycles. The number of hydrogen-bond acceptors (Lipinski definition) is 6. The first-order valence-corrected chi connectivity index (χ1v) is 19.0. The normalized spacial score (nSPS) is 13.8. The van der Waals surface area contributed by atoms with Crippen LogP contribution >= 0.6 is 0 Å². The molecular formula is C42H70O6. The average Bonchev–Trinajstić information content (AvgIpc) is 3.06. The number of rotatable bonds is 32. The number of unbranched alkanes of at least 4 members (excludes halogenated alkanes) is 10. The summed E-state index contributed by atoms with van der Waals surface area (Å²) in [7, 11) is 0. The van der Waals surface area contributed by atoms with Crippen molar-refractivity contribution in [1.29, 1.82) is 0 Å². The zero-order valence-electron chi connectivity index (χ0n) is 30.7. The highest BCUT2D eigenvalue weighted by atomic mass is 16.6. The molecule has 2 atom stereocenters. The zero-order valence-corrected chi connectivity index (χ0v) is 30.7. The molecule has 2 N–H and O–H groups in total. The summed E-state index contributed by atoms with van der Waals surface area (Å²) in [6, 6.07) is 0. The van der Waals surface area contributed by atoms with Crippen LogP contribution in [0.5, 0.6) is 0 Å². The van der Waals surface area contributed by atoms with Gasteiger partial charge in [-0.15, -0.1) is 0 Å². The maximum absolute atomic E-state index is 11.9. The van der Waals surface area contributed by atoms with Crippen molar-refractivity contribution in [3.05, 3.63) is 72.9 Å². The number of hydrogen-bond donors (Lipinski definition) is 2. The summed E-state index contributed by atoms with van der Waals surface area (Å²) in [5.41, 5.74) is 0. The van der Waals surface area contributed by atoms with Crippen LogP contribution in [0.25, 0.3) is 0 Å². The SMILES string of the molecule is CC/C=C\C/C=C\CC(O)/C=C/C=C\C/C=C\C/C=C\CCC(=O)OC[C@H](O)COC(=O)CCCCCCCCCCCCCC(C)C. The molecule has 0 aromatic rings. The van der Waals surface area contributed by atoms with Gasteiger partial charge in [0.1, 0.15) is 19.3 Å². The molecule has 48 heavy (non-hydrogen) atoms. The maximum atomic E-state index is 11.9. The first-order chi connectivity index (χ1) is 23.3. The minimum atomic E-state index is -1.01. The summed E-state index contributed by atoms with van der Waals surface area (Å²) >= 11 is 0. The first kappa shape index (κ1) is 45.3. The molecule has 0 heterocycles. The van der Waals surface area contributed by atoms with E-state index < -0.39 is 12.2 Å². The van der Waals surface area contributed by atoms with E-state index in [-0.39, 0.29) is 31.6 Å². The van der Waals surface area contributed by atoms with Crippen LogP contribution in [0.15, 0.2) is 72.9 Å². The van der Waals surface area contributed by atoms with Gasteiger partial charge in [0.15, 0.2) is 0 Å². The van der Waals surface area contributed by atoms with Crippen LogP contribution in [-0.4, -0.2) is 47.6 Å². The zero-order chi connectivity index (χ0) is 35.3. The lowest BCUT2D eigenvalue weighted by atomic mass is 10.0. The van der Waals surface area contributed by atoms with Crippen LogP contribution in [0, 0.1) is 5.92 Å². The Labute approximate surface area is 294 Å². The number of carbonyl (C=O) groups excluding carboxylic acids is 2. The lowest BCUT2D eigenvalue weighted by Crippen LogP contribution is -2.25. The second-order valence-electron chi connectivity index (χ2n) is 13.0. The van der Waals surface area contributed by atoms with Gasteiger partial charge in [-0.2, -0.15) is 0 Å². The molecule has 0 saturated carbocycles. The molecular weight excluding hydrogens is 600 g/mol. The van der Waals surface area contributed by atoms with Crippen LogP contribution in [0.3, 0.4) is 0 Å². The highest BCUT2D eigenvalue weighted by molar-refractivity contribution is 5.70. The van der Waals surface area contributed by atoms with Crippen LogP contribution < -0.4 is 0 Å². The minimum Gasteiger partial charge on any atom is -0.463 e. The van der Waals surface area contributed by atoms with Gasteiger partial charge in [-0.3, -0.25) is 9.59 Å². The number of allylic oxidation sites excluding steroid dienone is 10. The van der Waals surface area contributed by atoms with E-state index in [2.05, 4.69) is 51.2 Å². The van der Waals surface area contributed by atoms with E-state index in [0.29, 0.717) is 19.3 Å². The van der Waals surface area contributed by atoms with Gasteiger partial charge in [-0.1, -0.05) is 164 Å². The fourth-order valence-corrected chi connectivity index (χ4v) is 4.85. The Morgan fingerprint density at radius 3 is 1.69 bits per heavy atom. The number of aliphatic hydroxyl groups is 2. The molecule has 0 bridgehead atoms. The number of esters is 2. The topological polar surface area (TPSA) is 93.1 Å². The van der Waals surface area contributed by atoms with Crippen molar-refractivity contribution in [2.75, 3.05) is 13.2 Å². The first-order valence-electron chi connectivity index (χ1n) is 19.0. The largest absolute Gasteiger partial charge is 0.463 e. The molecule has 6 heteroatoms. The third-order valence-electron chi connectivity index (χ3n) is 7.73. The van der Waals surface area contributed by atoms with Crippen LogP contribution in [-0.2, 0) is 19.1 Å². The van der Waals surface area contributed by atoms with Crippen molar-refractivity contribution in [2.24, 2.45) is 5.92 Å². The summed E-state index contributed by atoms with van der Waals surface area (Å²) in [6.07, 6.45) is 42.8. The average molecular weight is 671 g/mol. The molecule has 0 radical (unpaired) electrons. The molecule has 6 nitrogen and oxygen atoms in total. The van der Waals surface area contributed by atoms with Crippen molar-refractivity contribution in [3.63, 3.8) is 0 Å². The van der Waals surface area contributed by atoms with Crippen LogP contribution in [0.1, 0.15) is 149 Å². The van der Waals surface area contributed by atoms with Crippen molar-refractivity contribution in [3.8, 4) is 0 Å². The van der Waals surface area contributed by atoms with Gasteiger partial charge in [0, 0.05) is 12.8 Å². The van der Waals surface area contributed by atoms with Gasteiger partial charge in [0.05, 0.1) is 6.10 Å². The van der Waals surface area contributed by atoms with E-state index in [1.54, 1.807) is 6.08 Å². The van der Waals surface area contributed by atoms with Gasteiger partial charge in [-0.25, -0.2) is 0 Å². The third kappa shape index (κ3) is 36.1. The molecule has 0 fully saturated rings. The monoisotopic (exact) mass is 671 g/mol. The van der Waals surface area contributed by atoms with Crippen molar-refractivity contribution < 1.29 is 29.3 Å². The molecule has 0 saturated heterocycles. The summed E-state index contributed by atoms with van der Waals surface area (Å²) in [4.78, 5) is 23.9. The molecule has 0 spiro atoms. The van der Waals surface area contributed by atoms with Gasteiger partial charge in [0.2, 0.25) is 0 Å². The number of ether oxygens (including phenoxy) is 2. The number of aliphatic hydroxyl groups excluding tert-OH is 2. The highest BCUT2D eigenvalue weighted by Gasteiger charge is 2.11. The molecule has 0 aromatic heterocycles. The predicted octanol–water partition coefficient (Wildman–Crippen LogP) is 10.6. The van der Waals surface area contributed by atoms with E-state index >= 15 is 0 Å². The number of carbonyl (C=O) groups is 2. The second-order valence-corrected chi connectivity index (χ2v) is 13.0. The van der Waals surface area contributed by atoms with Crippen LogP contribution in [0.4, 0.5) is 0 Å². The van der Waals surface area contributed by atoms with Crippen molar-refractivity contribution >= 4 is 11.9 Å². The summed E-state index contributed by atoms with van der Waals surface area (Å²) < 4.78 is 10.2. The van der Waals surface area contributed by atoms with Gasteiger partial charge in [-0.05, 0) is 50.9 Å². The third-order valence-corrected chi connectivity index (χ3v) is 7.73. The Kier molecular flexibility index (Phi) is 33.6. The van der Waals surface area contributed by atoms with Gasteiger partial charge >= 0.3 is 11.9 Å². The Morgan fingerprint density at radius 2 is 1.08 bits per heavy atom. The molecule has 274 valence electrons. The fraction of sp³-hybridized carbons (Fsp3) is 0.667. The fourth-order valence-electron chi connectivity index (χ4n) is 4.85.